The van der Waals surface area contributed by atoms with E-state index in [1.807, 2.05) is 0 Å². The Kier molecular flexibility index (Phi) is 4.09. The Hall–Kier alpha value is -2.20. The molecule has 2 N–H and O–H groups in total. The van der Waals surface area contributed by atoms with Crippen molar-refractivity contribution in [3.05, 3.63) is 52.0 Å². The van der Waals surface area contributed by atoms with E-state index >= 15 is 0 Å². The number of anilines is 1. The summed E-state index contributed by atoms with van der Waals surface area (Å²) in [5, 5.41) is 8.84. The van der Waals surface area contributed by atoms with Crippen molar-refractivity contribution in [2.75, 3.05) is 5.73 Å². The van der Waals surface area contributed by atoms with Crippen LogP contribution < -0.4 is 10.5 Å². The average molecular weight is 357 g/mol. The molecule has 2 rings (SSSR count). The first-order valence-corrected chi connectivity index (χ1v) is 6.45. The second-order valence-corrected chi connectivity index (χ2v) is 4.87. The van der Waals surface area contributed by atoms with E-state index in [2.05, 4.69) is 15.9 Å². The summed E-state index contributed by atoms with van der Waals surface area (Å²) in [7, 11) is 0. The van der Waals surface area contributed by atoms with Gasteiger partial charge in [-0.25, -0.2) is 0 Å². The van der Waals surface area contributed by atoms with Crippen molar-refractivity contribution >= 4 is 21.6 Å². The third-order valence-corrected chi connectivity index (χ3v) is 3.49. The average Bonchev–Trinajstić information content (AvgIpc) is 2.42. The Bertz CT molecular complexity index is 723. The number of nitrogens with two attached hydrogens (primary N) is 1. The van der Waals surface area contributed by atoms with Crippen molar-refractivity contribution < 1.29 is 17.9 Å². The van der Waals surface area contributed by atoms with Crippen molar-refractivity contribution in [1.29, 1.82) is 5.26 Å². The molecule has 3 nitrogen and oxygen atoms in total. The highest BCUT2D eigenvalue weighted by atomic mass is 79.9. The van der Waals surface area contributed by atoms with E-state index in [1.54, 1.807) is 18.2 Å². The van der Waals surface area contributed by atoms with Crippen molar-refractivity contribution in [3.8, 4) is 17.6 Å². The minimum atomic E-state index is -4.58. The van der Waals surface area contributed by atoms with Crippen LogP contribution in [0.15, 0.2) is 40.9 Å². The molecule has 0 spiro atoms. The summed E-state index contributed by atoms with van der Waals surface area (Å²) in [6.45, 7) is 0. The topological polar surface area (TPSA) is 59.0 Å². The summed E-state index contributed by atoms with van der Waals surface area (Å²) in [6.07, 6.45) is -4.58. The molecule has 0 aliphatic carbocycles. The van der Waals surface area contributed by atoms with Crippen LogP contribution >= 0.6 is 15.9 Å². The smallest absolute Gasteiger partial charge is 0.417 e. The summed E-state index contributed by atoms with van der Waals surface area (Å²) in [6, 6.07) is 9.41. The van der Waals surface area contributed by atoms with E-state index in [9.17, 15) is 13.2 Å². The van der Waals surface area contributed by atoms with Crippen LogP contribution in [-0.4, -0.2) is 0 Å². The molecule has 0 saturated carbocycles. The van der Waals surface area contributed by atoms with Crippen LogP contribution in [0.3, 0.4) is 0 Å². The Morgan fingerprint density at radius 2 is 1.90 bits per heavy atom. The Morgan fingerprint density at radius 3 is 2.52 bits per heavy atom. The third-order valence-electron chi connectivity index (χ3n) is 2.64. The predicted octanol–water partition coefficient (Wildman–Crippen LogP) is 4.71. The monoisotopic (exact) mass is 356 g/mol. The van der Waals surface area contributed by atoms with E-state index in [0.717, 1.165) is 18.2 Å². The molecule has 108 valence electrons. The van der Waals surface area contributed by atoms with Gasteiger partial charge in [0.15, 0.2) is 0 Å². The number of nitriles is 1. The lowest BCUT2D eigenvalue weighted by molar-refractivity contribution is -0.137. The number of rotatable bonds is 2. The van der Waals surface area contributed by atoms with E-state index in [4.69, 9.17) is 15.7 Å². The molecule has 0 unspecified atom stereocenters. The van der Waals surface area contributed by atoms with Crippen molar-refractivity contribution in [1.82, 2.24) is 0 Å². The van der Waals surface area contributed by atoms with Gasteiger partial charge in [0, 0.05) is 5.69 Å². The first-order valence-electron chi connectivity index (χ1n) is 5.66. The number of alkyl halides is 3. The molecule has 0 heterocycles. The van der Waals surface area contributed by atoms with Gasteiger partial charge < -0.3 is 10.5 Å². The van der Waals surface area contributed by atoms with Crippen LogP contribution in [0.5, 0.6) is 11.5 Å². The van der Waals surface area contributed by atoms with E-state index < -0.39 is 17.3 Å². The van der Waals surface area contributed by atoms with Crippen LogP contribution in [0.1, 0.15) is 11.1 Å². The van der Waals surface area contributed by atoms with Crippen LogP contribution in [0.2, 0.25) is 0 Å². The zero-order chi connectivity index (χ0) is 15.6. The molecule has 0 fully saturated rings. The van der Waals surface area contributed by atoms with Gasteiger partial charge >= 0.3 is 6.18 Å². The van der Waals surface area contributed by atoms with E-state index in [-0.39, 0.29) is 5.75 Å². The van der Waals surface area contributed by atoms with Crippen molar-refractivity contribution in [3.63, 3.8) is 0 Å². The van der Waals surface area contributed by atoms with Gasteiger partial charge in [0.25, 0.3) is 0 Å². The third kappa shape index (κ3) is 3.28. The Morgan fingerprint density at radius 1 is 1.19 bits per heavy atom. The minimum Gasteiger partial charge on any atom is -0.456 e. The van der Waals surface area contributed by atoms with Gasteiger partial charge in [-0.15, -0.1) is 0 Å². The lowest BCUT2D eigenvalue weighted by Gasteiger charge is -2.12. The maximum absolute atomic E-state index is 12.7. The van der Waals surface area contributed by atoms with Crippen LogP contribution in [0, 0.1) is 11.3 Å². The highest BCUT2D eigenvalue weighted by Crippen LogP contribution is 2.37. The van der Waals surface area contributed by atoms with Gasteiger partial charge in [0.2, 0.25) is 0 Å². The molecule has 0 amide bonds. The second kappa shape index (κ2) is 5.66. The maximum Gasteiger partial charge on any atom is 0.417 e. The largest absolute Gasteiger partial charge is 0.456 e. The fourth-order valence-corrected chi connectivity index (χ4v) is 2.01. The van der Waals surface area contributed by atoms with Gasteiger partial charge in [-0.2, -0.15) is 18.4 Å². The number of hydrogen-bond donors (Lipinski definition) is 1. The number of nitrogen functional groups attached to an aromatic ring is 1. The molecule has 0 aliphatic heterocycles. The molecule has 0 bridgehead atoms. The molecular weight excluding hydrogens is 349 g/mol. The molecule has 0 radical (unpaired) electrons. The lowest BCUT2D eigenvalue weighted by atomic mass is 10.1. The quantitative estimate of drug-likeness (QED) is 0.792. The molecule has 2 aromatic rings. The molecule has 7 heteroatoms. The normalized spacial score (nSPS) is 11.0. The van der Waals surface area contributed by atoms with Gasteiger partial charge in [0.1, 0.15) is 11.5 Å². The zero-order valence-corrected chi connectivity index (χ0v) is 12.0. The summed E-state index contributed by atoms with van der Waals surface area (Å²) in [4.78, 5) is 0. The zero-order valence-electron chi connectivity index (χ0n) is 10.4. The van der Waals surface area contributed by atoms with E-state index in [1.165, 1.54) is 6.07 Å². The molecule has 0 aromatic heterocycles. The predicted molar refractivity (Wildman–Crippen MR) is 74.8 cm³/mol. The van der Waals surface area contributed by atoms with Crippen LogP contribution in [0.25, 0.3) is 0 Å². The molecule has 2 aromatic carbocycles. The fourth-order valence-electron chi connectivity index (χ4n) is 1.66. The van der Waals surface area contributed by atoms with Crippen molar-refractivity contribution in [2.24, 2.45) is 0 Å². The van der Waals surface area contributed by atoms with Crippen LogP contribution in [0.4, 0.5) is 18.9 Å². The number of benzene rings is 2. The summed E-state index contributed by atoms with van der Waals surface area (Å²) in [5.41, 5.74) is 4.62. The number of ether oxygens (including phenoxy) is 1. The molecule has 0 saturated heterocycles. The number of halogens is 4. The molecule has 21 heavy (non-hydrogen) atoms. The van der Waals surface area contributed by atoms with Gasteiger partial charge in [-0.3, -0.25) is 0 Å². The maximum atomic E-state index is 12.7. The summed E-state index contributed by atoms with van der Waals surface area (Å²) >= 11 is 3.22. The molecule has 0 aliphatic rings. The van der Waals surface area contributed by atoms with Crippen LogP contribution in [-0.2, 0) is 6.18 Å². The second-order valence-electron chi connectivity index (χ2n) is 4.08. The Labute approximate surface area is 126 Å². The van der Waals surface area contributed by atoms with E-state index in [0.29, 0.717) is 15.9 Å². The minimum absolute atomic E-state index is 0.117. The number of nitrogens with zero attached hydrogens (tertiary/aromatic N) is 1. The first kappa shape index (κ1) is 15.2. The number of hydrogen-bond acceptors (Lipinski definition) is 3. The molecular formula is C14H8BrF3N2O. The highest BCUT2D eigenvalue weighted by molar-refractivity contribution is 9.10. The fraction of sp³-hybridized carbons (Fsp3) is 0.0714. The van der Waals surface area contributed by atoms with Gasteiger partial charge in [-0.1, -0.05) is 6.07 Å². The molecule has 0 atom stereocenters. The summed E-state index contributed by atoms with van der Waals surface area (Å²) in [5.74, 6) is 0.462. The van der Waals surface area contributed by atoms with Gasteiger partial charge in [0.05, 0.1) is 21.7 Å². The highest BCUT2D eigenvalue weighted by Gasteiger charge is 2.33. The SMILES string of the molecule is N#Cc1cc(Oc2cccc(N)c2Br)ccc1C(F)(F)F. The van der Waals surface area contributed by atoms with Crippen molar-refractivity contribution in [2.45, 2.75) is 6.18 Å². The first-order chi connectivity index (χ1) is 9.82. The summed E-state index contributed by atoms with van der Waals surface area (Å²) < 4.78 is 44.0. The Balaban J connectivity index is 2.39. The lowest BCUT2D eigenvalue weighted by Crippen LogP contribution is -2.07. The van der Waals surface area contributed by atoms with Gasteiger partial charge in [-0.05, 0) is 46.3 Å². The standard InChI is InChI=1S/C14H8BrF3N2O/c15-13-11(20)2-1-3-12(13)21-9-4-5-10(14(16,17)18)8(6-9)7-19/h1-6H,20H2.